The van der Waals surface area contributed by atoms with E-state index < -0.39 is 0 Å². The number of thiol groups is 1. The van der Waals surface area contributed by atoms with Gasteiger partial charge in [0.05, 0.1) is 0 Å². The van der Waals surface area contributed by atoms with Gasteiger partial charge in [-0.05, 0) is 0 Å². The van der Waals surface area contributed by atoms with Gasteiger partial charge in [0.15, 0.2) is 0 Å². The van der Waals surface area contributed by atoms with Gasteiger partial charge in [-0.25, -0.2) is 0 Å². The van der Waals surface area contributed by atoms with Crippen molar-refractivity contribution in [1.29, 1.82) is 0 Å². The molecular weight excluding hydrogens is 349 g/mol. The van der Waals surface area contributed by atoms with Crippen molar-refractivity contribution in [1.82, 2.24) is 0 Å². The molecule has 0 radical (unpaired) electrons. The van der Waals surface area contributed by atoms with Gasteiger partial charge in [0.25, 0.3) is 0 Å². The van der Waals surface area contributed by atoms with Crippen LogP contribution in [0.15, 0.2) is 41.3 Å². The van der Waals surface area contributed by atoms with Crippen LogP contribution in [0.2, 0.25) is 0 Å². The summed E-state index contributed by atoms with van der Waals surface area (Å²) in [5.74, 6) is 0. The molecule has 0 aliphatic rings. The maximum atomic E-state index is 4.36. The predicted octanol–water partition coefficient (Wildman–Crippen LogP) is 2.30. The summed E-state index contributed by atoms with van der Waals surface area (Å²) in [5.41, 5.74) is 0. The number of rotatable bonds is 0. The van der Waals surface area contributed by atoms with Gasteiger partial charge in [0, 0.05) is 0 Å². The zero-order chi connectivity index (χ0) is 8.55. The van der Waals surface area contributed by atoms with Crippen LogP contribution in [0.3, 0.4) is 0 Å². The molecule has 0 aliphatic carbocycles. The molecule has 2 aromatic carbocycles. The normalized spacial score (nSPS) is 10.6. The standard InChI is InChI=1S/C10H7S.Au/c11-10-6-5-8-3-1-2-4-9(8)7-10;/h1-6,11H;. The summed E-state index contributed by atoms with van der Waals surface area (Å²) >= 11 is 6.88. The maximum absolute atomic E-state index is 4.36. The molecule has 0 unspecified atom stereocenters. The van der Waals surface area contributed by atoms with E-state index >= 15 is 0 Å². The van der Waals surface area contributed by atoms with Crippen molar-refractivity contribution in [2.75, 3.05) is 0 Å². The van der Waals surface area contributed by atoms with Gasteiger partial charge >= 0.3 is 89.5 Å². The molecule has 0 N–H and O–H groups in total. The summed E-state index contributed by atoms with van der Waals surface area (Å²) in [6.45, 7) is 0. The first-order valence-corrected chi connectivity index (χ1v) is 5.14. The van der Waals surface area contributed by atoms with E-state index in [9.17, 15) is 0 Å². The van der Waals surface area contributed by atoms with Crippen LogP contribution in [0.1, 0.15) is 0 Å². The van der Waals surface area contributed by atoms with E-state index in [1.807, 2.05) is 18.2 Å². The average molecular weight is 356 g/mol. The molecular formula is C10H7AuS. The molecule has 0 spiro atoms. The number of hydrogen-bond acceptors (Lipinski definition) is 1. The molecule has 0 aliphatic heterocycles. The van der Waals surface area contributed by atoms with E-state index in [-0.39, 0.29) is 0 Å². The van der Waals surface area contributed by atoms with Gasteiger partial charge in [-0.3, -0.25) is 0 Å². The second-order valence-corrected chi connectivity index (χ2v) is 4.15. The van der Waals surface area contributed by atoms with Crippen molar-refractivity contribution in [3.05, 3.63) is 36.4 Å². The molecule has 2 rings (SSSR count). The zero-order valence-electron chi connectivity index (χ0n) is 6.21. The summed E-state index contributed by atoms with van der Waals surface area (Å²) in [6, 6.07) is 12.4. The van der Waals surface area contributed by atoms with Crippen LogP contribution in [-0.2, 0) is 21.1 Å². The Bertz CT molecular complexity index is 423. The van der Waals surface area contributed by atoms with Gasteiger partial charge in [-0.15, -0.1) is 0 Å². The first-order chi connectivity index (χ1) is 5.79. The van der Waals surface area contributed by atoms with Crippen molar-refractivity contribution in [2.24, 2.45) is 0 Å². The fourth-order valence-electron chi connectivity index (χ4n) is 1.20. The number of fused-ring (bicyclic) bond motifs is 1. The van der Waals surface area contributed by atoms with Crippen LogP contribution < -0.4 is 3.78 Å². The quantitative estimate of drug-likeness (QED) is 0.544. The molecule has 0 amide bonds. The van der Waals surface area contributed by atoms with Crippen LogP contribution >= 0.6 is 12.6 Å². The molecule has 2 heteroatoms. The third kappa shape index (κ3) is 1.34. The van der Waals surface area contributed by atoms with E-state index in [0.29, 0.717) is 0 Å². The average Bonchev–Trinajstić information content (AvgIpc) is 2.12. The van der Waals surface area contributed by atoms with E-state index in [0.717, 1.165) is 4.90 Å². The van der Waals surface area contributed by atoms with Crippen molar-refractivity contribution < 1.29 is 21.1 Å². The Labute approximate surface area is 89.3 Å². The SMILES string of the molecule is Sc1ccc2ccccc2[c]1[Au]. The summed E-state index contributed by atoms with van der Waals surface area (Å²) < 4.78 is 1.21. The van der Waals surface area contributed by atoms with Crippen LogP contribution in [0, 0.1) is 0 Å². The van der Waals surface area contributed by atoms with Crippen molar-refractivity contribution in [2.45, 2.75) is 4.90 Å². The van der Waals surface area contributed by atoms with Crippen molar-refractivity contribution in [3.8, 4) is 0 Å². The molecule has 0 bridgehead atoms. The summed E-state index contributed by atoms with van der Waals surface area (Å²) in [7, 11) is 0. The summed E-state index contributed by atoms with van der Waals surface area (Å²) in [4.78, 5) is 1.04. The predicted molar refractivity (Wildman–Crippen MR) is 50.8 cm³/mol. The van der Waals surface area contributed by atoms with Gasteiger partial charge in [-0.2, -0.15) is 0 Å². The topological polar surface area (TPSA) is 0 Å². The Morgan fingerprint density at radius 1 is 1.00 bits per heavy atom. The van der Waals surface area contributed by atoms with Gasteiger partial charge in [0.1, 0.15) is 0 Å². The Morgan fingerprint density at radius 2 is 1.75 bits per heavy atom. The van der Waals surface area contributed by atoms with Gasteiger partial charge in [0.2, 0.25) is 0 Å². The second kappa shape index (κ2) is 3.27. The first-order valence-electron chi connectivity index (χ1n) is 3.61. The minimum atomic E-state index is 1.04. The third-order valence-electron chi connectivity index (χ3n) is 1.80. The molecule has 0 atom stereocenters. The van der Waals surface area contributed by atoms with Crippen molar-refractivity contribution >= 4 is 27.2 Å². The number of benzene rings is 2. The summed E-state index contributed by atoms with van der Waals surface area (Å²) in [5, 5.41) is 2.54. The third-order valence-corrected chi connectivity index (χ3v) is 3.75. The fourth-order valence-corrected chi connectivity index (χ4v) is 2.07. The molecule has 0 heterocycles. The first kappa shape index (κ1) is 8.39. The Kier molecular flexibility index (Phi) is 2.29. The summed E-state index contributed by atoms with van der Waals surface area (Å²) in [6.07, 6.45) is 0. The molecule has 64 valence electrons. The van der Waals surface area contributed by atoms with Crippen LogP contribution in [-0.4, -0.2) is 0 Å². The van der Waals surface area contributed by atoms with E-state index in [1.165, 1.54) is 14.6 Å². The van der Waals surface area contributed by atoms with Crippen molar-refractivity contribution in [3.63, 3.8) is 0 Å². The molecule has 2 aromatic rings. The van der Waals surface area contributed by atoms with Gasteiger partial charge < -0.3 is 0 Å². The Balaban J connectivity index is 2.91. The van der Waals surface area contributed by atoms with Crippen LogP contribution in [0.4, 0.5) is 0 Å². The zero-order valence-corrected chi connectivity index (χ0v) is 9.27. The Morgan fingerprint density at radius 3 is 2.58 bits per heavy atom. The van der Waals surface area contributed by atoms with Crippen LogP contribution in [0.5, 0.6) is 0 Å². The van der Waals surface area contributed by atoms with E-state index in [4.69, 9.17) is 0 Å². The monoisotopic (exact) mass is 356 g/mol. The van der Waals surface area contributed by atoms with Crippen LogP contribution in [0.25, 0.3) is 10.8 Å². The molecule has 0 fully saturated rings. The molecule has 0 saturated heterocycles. The fraction of sp³-hybridized carbons (Fsp3) is 0. The molecule has 0 aromatic heterocycles. The molecule has 12 heavy (non-hydrogen) atoms. The van der Waals surface area contributed by atoms with Gasteiger partial charge in [-0.1, -0.05) is 0 Å². The number of hydrogen-bond donors (Lipinski definition) is 1. The molecule has 0 nitrogen and oxygen atoms in total. The second-order valence-electron chi connectivity index (χ2n) is 2.58. The van der Waals surface area contributed by atoms with E-state index in [2.05, 4.69) is 51.9 Å². The minimum absolute atomic E-state index is 1.04. The Hall–Kier alpha value is -0.210. The van der Waals surface area contributed by atoms with E-state index in [1.54, 1.807) is 0 Å². The molecule has 0 saturated carbocycles.